The van der Waals surface area contributed by atoms with Gasteiger partial charge in [-0.1, -0.05) is 18.2 Å². The fraction of sp³-hybridized carbons (Fsp3) is 0.292. The molecular weight excluding hydrogens is 449 g/mol. The summed E-state index contributed by atoms with van der Waals surface area (Å²) in [5.41, 5.74) is 0.965. The van der Waals surface area contributed by atoms with Crippen LogP contribution in [0.25, 0.3) is 21.5 Å². The Bertz CT molecular complexity index is 1350. The molecule has 0 saturated carbocycles. The van der Waals surface area contributed by atoms with Gasteiger partial charge in [0.15, 0.2) is 11.6 Å². The summed E-state index contributed by atoms with van der Waals surface area (Å²) in [6, 6.07) is 8.68. The van der Waals surface area contributed by atoms with Gasteiger partial charge < -0.3 is 9.88 Å². The van der Waals surface area contributed by atoms with E-state index < -0.39 is 17.5 Å². The number of nitrogens with one attached hydrogen (secondary N) is 1. The van der Waals surface area contributed by atoms with Crippen molar-refractivity contribution in [2.45, 2.75) is 38.6 Å². The Hall–Kier alpha value is -3.20. The van der Waals surface area contributed by atoms with E-state index in [0.29, 0.717) is 39.8 Å². The number of hydrogen-bond acceptors (Lipinski definition) is 4. The zero-order valence-electron chi connectivity index (χ0n) is 17.9. The minimum absolute atomic E-state index is 0.0457. The minimum atomic E-state index is -0.987. The van der Waals surface area contributed by atoms with Gasteiger partial charge in [-0.2, -0.15) is 0 Å². The molecule has 1 aliphatic heterocycles. The van der Waals surface area contributed by atoms with Gasteiger partial charge in [0.25, 0.3) is 5.91 Å². The Labute approximate surface area is 192 Å². The van der Waals surface area contributed by atoms with Crippen molar-refractivity contribution in [2.24, 2.45) is 0 Å². The predicted molar refractivity (Wildman–Crippen MR) is 121 cm³/mol. The van der Waals surface area contributed by atoms with Gasteiger partial charge in [-0.15, -0.1) is 11.3 Å². The van der Waals surface area contributed by atoms with Crippen molar-refractivity contribution < 1.29 is 18.0 Å². The zero-order valence-corrected chi connectivity index (χ0v) is 18.7. The number of carbonyl (C=O) groups is 1. The molecule has 0 unspecified atom stereocenters. The van der Waals surface area contributed by atoms with Crippen molar-refractivity contribution in [3.05, 3.63) is 70.4 Å². The molecule has 0 spiro atoms. The summed E-state index contributed by atoms with van der Waals surface area (Å²) in [5, 5.41) is 0.681. The molecule has 0 radical (unpaired) electrons. The van der Waals surface area contributed by atoms with Crippen LogP contribution in [-0.4, -0.2) is 38.3 Å². The molecule has 2 aromatic carbocycles. The number of likely N-dealkylation sites (tertiary alicyclic amines) is 1. The standard InChI is InChI=1S/C24H21F3N4OS/c1-13-28-22(23(33-13)15-7-2-3-8-16(15)25)24(32)31-11-5-4-6-14(31)12-19-29-18-10-9-17(26)20(27)21(18)30-19/h2-3,7-10,14H,4-6,11-12H2,1H3,(H,29,30)/t14-/m1/s1. The highest BCUT2D eigenvalue weighted by atomic mass is 32.1. The van der Waals surface area contributed by atoms with E-state index in [0.717, 1.165) is 25.3 Å². The maximum Gasteiger partial charge on any atom is 0.274 e. The molecule has 1 aliphatic rings. The summed E-state index contributed by atoms with van der Waals surface area (Å²) < 4.78 is 42.1. The number of thiazole rings is 1. The summed E-state index contributed by atoms with van der Waals surface area (Å²) in [5.74, 6) is -2.10. The first kappa shape index (κ1) is 21.6. The molecule has 0 bridgehead atoms. The maximum atomic E-state index is 14.5. The van der Waals surface area contributed by atoms with Crippen LogP contribution >= 0.6 is 11.3 Å². The number of aromatic amines is 1. The van der Waals surface area contributed by atoms with Gasteiger partial charge >= 0.3 is 0 Å². The molecule has 1 fully saturated rings. The smallest absolute Gasteiger partial charge is 0.274 e. The van der Waals surface area contributed by atoms with Crippen LogP contribution in [0.2, 0.25) is 0 Å². The number of nitrogens with zero attached hydrogens (tertiary/aromatic N) is 3. The van der Waals surface area contributed by atoms with Crippen molar-refractivity contribution >= 4 is 28.3 Å². The Morgan fingerprint density at radius 1 is 1.12 bits per heavy atom. The first-order valence-electron chi connectivity index (χ1n) is 10.8. The van der Waals surface area contributed by atoms with Crippen LogP contribution in [0.1, 0.15) is 40.6 Å². The largest absolute Gasteiger partial charge is 0.342 e. The van der Waals surface area contributed by atoms with E-state index in [1.807, 2.05) is 0 Å². The van der Waals surface area contributed by atoms with Crippen LogP contribution in [0.3, 0.4) is 0 Å². The molecule has 4 aromatic rings. The minimum Gasteiger partial charge on any atom is -0.342 e. The first-order valence-corrected chi connectivity index (χ1v) is 11.6. The molecule has 33 heavy (non-hydrogen) atoms. The van der Waals surface area contributed by atoms with Crippen molar-refractivity contribution in [3.63, 3.8) is 0 Å². The highest BCUT2D eigenvalue weighted by Gasteiger charge is 2.32. The van der Waals surface area contributed by atoms with E-state index in [2.05, 4.69) is 15.0 Å². The third-order valence-corrected chi connectivity index (χ3v) is 6.97. The van der Waals surface area contributed by atoms with Crippen LogP contribution in [-0.2, 0) is 6.42 Å². The van der Waals surface area contributed by atoms with E-state index in [-0.39, 0.29) is 23.2 Å². The van der Waals surface area contributed by atoms with Crippen LogP contribution < -0.4 is 0 Å². The predicted octanol–water partition coefficient (Wildman–Crippen LogP) is 5.65. The van der Waals surface area contributed by atoms with Crippen LogP contribution in [0.15, 0.2) is 36.4 Å². The third-order valence-electron chi connectivity index (χ3n) is 5.97. The Kier molecular flexibility index (Phi) is 5.65. The topological polar surface area (TPSA) is 61.9 Å². The second kappa shape index (κ2) is 8.62. The molecular formula is C24H21F3N4OS. The van der Waals surface area contributed by atoms with Crippen LogP contribution in [0.4, 0.5) is 13.2 Å². The van der Waals surface area contributed by atoms with Crippen molar-refractivity contribution in [1.29, 1.82) is 0 Å². The zero-order chi connectivity index (χ0) is 23.1. The van der Waals surface area contributed by atoms with Gasteiger partial charge in [-0.05, 0) is 44.4 Å². The number of piperidine rings is 1. The Morgan fingerprint density at radius 3 is 2.76 bits per heavy atom. The lowest BCUT2D eigenvalue weighted by molar-refractivity contribution is 0.0607. The number of rotatable bonds is 4. The van der Waals surface area contributed by atoms with Gasteiger partial charge in [0, 0.05) is 24.6 Å². The molecule has 3 heterocycles. The van der Waals surface area contributed by atoms with Gasteiger partial charge in [-0.3, -0.25) is 4.79 Å². The molecule has 0 aliphatic carbocycles. The number of halogens is 3. The molecule has 1 saturated heterocycles. The van der Waals surface area contributed by atoms with E-state index in [1.165, 1.54) is 23.5 Å². The maximum absolute atomic E-state index is 14.5. The fourth-order valence-electron chi connectivity index (χ4n) is 4.40. The number of fused-ring (bicyclic) bond motifs is 1. The molecule has 170 valence electrons. The third kappa shape index (κ3) is 4.01. The van der Waals surface area contributed by atoms with Crippen molar-refractivity contribution in [2.75, 3.05) is 6.54 Å². The van der Waals surface area contributed by atoms with Crippen molar-refractivity contribution in [1.82, 2.24) is 19.9 Å². The summed E-state index contributed by atoms with van der Waals surface area (Å²) >= 11 is 1.29. The number of benzene rings is 2. The van der Waals surface area contributed by atoms with E-state index >= 15 is 0 Å². The van der Waals surface area contributed by atoms with Gasteiger partial charge in [0.2, 0.25) is 0 Å². The number of H-pyrrole nitrogens is 1. The fourth-order valence-corrected chi connectivity index (χ4v) is 5.34. The first-order chi connectivity index (χ1) is 15.9. The molecule has 1 N–H and O–H groups in total. The number of aromatic nitrogens is 3. The van der Waals surface area contributed by atoms with Crippen molar-refractivity contribution in [3.8, 4) is 10.4 Å². The molecule has 1 amide bonds. The van der Waals surface area contributed by atoms with E-state index in [9.17, 15) is 18.0 Å². The second-order valence-corrected chi connectivity index (χ2v) is 9.39. The summed E-state index contributed by atoms with van der Waals surface area (Å²) in [7, 11) is 0. The van der Waals surface area contributed by atoms with Gasteiger partial charge in [0.05, 0.1) is 15.4 Å². The Morgan fingerprint density at radius 2 is 1.94 bits per heavy atom. The quantitative estimate of drug-likeness (QED) is 0.419. The summed E-state index contributed by atoms with van der Waals surface area (Å²) in [6.07, 6.45) is 2.91. The monoisotopic (exact) mass is 470 g/mol. The lowest BCUT2D eigenvalue weighted by Gasteiger charge is -2.35. The average molecular weight is 471 g/mol. The number of aryl methyl sites for hydroxylation is 1. The highest BCUT2D eigenvalue weighted by molar-refractivity contribution is 7.15. The normalized spacial score (nSPS) is 16.5. The number of amides is 1. The summed E-state index contributed by atoms with van der Waals surface area (Å²) in [6.45, 7) is 2.33. The molecule has 2 aromatic heterocycles. The summed E-state index contributed by atoms with van der Waals surface area (Å²) in [4.78, 5) is 27.6. The molecule has 5 nitrogen and oxygen atoms in total. The Balaban J connectivity index is 1.46. The molecule has 5 rings (SSSR count). The SMILES string of the molecule is Cc1nc(C(=O)N2CCCC[C@@H]2Cc2nc3c(F)c(F)ccc3[nH]2)c(-c2ccccc2F)s1. The lowest BCUT2D eigenvalue weighted by atomic mass is 9.98. The van der Waals surface area contributed by atoms with E-state index in [4.69, 9.17) is 0 Å². The van der Waals surface area contributed by atoms with Gasteiger partial charge in [-0.25, -0.2) is 23.1 Å². The molecule has 9 heteroatoms. The average Bonchev–Trinajstić information content (AvgIpc) is 3.40. The molecule has 1 atom stereocenters. The highest BCUT2D eigenvalue weighted by Crippen LogP contribution is 2.34. The van der Waals surface area contributed by atoms with Crippen LogP contribution in [0.5, 0.6) is 0 Å². The van der Waals surface area contributed by atoms with E-state index in [1.54, 1.807) is 30.0 Å². The van der Waals surface area contributed by atoms with Crippen LogP contribution in [0, 0.1) is 24.4 Å². The number of hydrogen-bond donors (Lipinski definition) is 1. The number of carbonyl (C=O) groups excluding carboxylic acids is 1. The lowest BCUT2D eigenvalue weighted by Crippen LogP contribution is -2.45. The number of imidazole rings is 1. The second-order valence-electron chi connectivity index (χ2n) is 8.18. The van der Waals surface area contributed by atoms with Gasteiger partial charge in [0.1, 0.15) is 22.9 Å².